The van der Waals surface area contributed by atoms with Gasteiger partial charge in [0, 0.05) is 10.9 Å². The number of methoxy groups -OCH3 is 1. The Morgan fingerprint density at radius 1 is 1.19 bits per heavy atom. The zero-order valence-corrected chi connectivity index (χ0v) is 14.6. The van der Waals surface area contributed by atoms with Crippen LogP contribution in [-0.2, 0) is 17.6 Å². The van der Waals surface area contributed by atoms with Gasteiger partial charge >= 0.3 is 5.97 Å². The standard InChI is InChI=1S/C16H15N3O6S/c1-25-16(20)14-10-4-2-3-5-13(10)26-15(14)17-11-7-6-9(18(21)22)8-12(11)19(23)24/h6-8,17H,2-5H2,1H3. The van der Waals surface area contributed by atoms with E-state index in [9.17, 15) is 25.0 Å². The normalized spacial score (nSPS) is 13.0. The largest absolute Gasteiger partial charge is 0.465 e. The molecule has 1 aromatic carbocycles. The molecule has 0 radical (unpaired) electrons. The SMILES string of the molecule is COC(=O)c1c(Nc2ccc([N+](=O)[O-])cc2[N+](=O)[O-])sc2c1CCCC2. The highest BCUT2D eigenvalue weighted by molar-refractivity contribution is 7.16. The van der Waals surface area contributed by atoms with Gasteiger partial charge in [0.25, 0.3) is 11.4 Å². The Hall–Kier alpha value is -3.01. The van der Waals surface area contributed by atoms with E-state index in [0.29, 0.717) is 10.6 Å². The van der Waals surface area contributed by atoms with Crippen LogP contribution in [0.4, 0.5) is 22.1 Å². The number of fused-ring (bicyclic) bond motifs is 1. The number of benzene rings is 1. The predicted molar refractivity (Wildman–Crippen MR) is 95.3 cm³/mol. The van der Waals surface area contributed by atoms with Gasteiger partial charge in [0.2, 0.25) is 0 Å². The average molecular weight is 377 g/mol. The summed E-state index contributed by atoms with van der Waals surface area (Å²) in [5, 5.41) is 25.5. The molecule has 0 spiro atoms. The topological polar surface area (TPSA) is 125 Å². The summed E-state index contributed by atoms with van der Waals surface area (Å²) in [5.41, 5.74) is 0.590. The lowest BCUT2D eigenvalue weighted by Crippen LogP contribution is -2.09. The number of non-ortho nitro benzene ring substituents is 1. The highest BCUT2D eigenvalue weighted by Crippen LogP contribution is 2.41. The number of hydrogen-bond acceptors (Lipinski definition) is 8. The van der Waals surface area contributed by atoms with E-state index in [1.807, 2.05) is 0 Å². The first-order valence-corrected chi connectivity index (χ1v) is 8.66. The van der Waals surface area contributed by atoms with Crippen molar-refractivity contribution in [3.8, 4) is 0 Å². The number of anilines is 2. The van der Waals surface area contributed by atoms with Crippen molar-refractivity contribution in [2.45, 2.75) is 25.7 Å². The Morgan fingerprint density at radius 2 is 1.92 bits per heavy atom. The van der Waals surface area contributed by atoms with Crippen LogP contribution >= 0.6 is 11.3 Å². The number of carbonyl (C=O) groups excluding carboxylic acids is 1. The number of nitro benzene ring substituents is 2. The van der Waals surface area contributed by atoms with E-state index in [-0.39, 0.29) is 11.4 Å². The summed E-state index contributed by atoms with van der Waals surface area (Å²) in [6.07, 6.45) is 3.57. The predicted octanol–water partition coefficient (Wildman–Crippen LogP) is 3.97. The molecule has 0 amide bonds. The fourth-order valence-electron chi connectivity index (χ4n) is 2.98. The third-order valence-electron chi connectivity index (χ3n) is 4.20. The molecule has 0 fully saturated rings. The highest BCUT2D eigenvalue weighted by Gasteiger charge is 2.28. The third kappa shape index (κ3) is 3.23. The van der Waals surface area contributed by atoms with Crippen LogP contribution in [0.15, 0.2) is 18.2 Å². The fourth-order valence-corrected chi connectivity index (χ4v) is 4.27. The number of aryl methyl sites for hydroxylation is 1. The summed E-state index contributed by atoms with van der Waals surface area (Å²) in [6, 6.07) is 3.35. The molecule has 10 heteroatoms. The van der Waals surface area contributed by atoms with Crippen molar-refractivity contribution in [3.05, 3.63) is 54.4 Å². The van der Waals surface area contributed by atoms with E-state index in [4.69, 9.17) is 4.74 Å². The molecular formula is C16H15N3O6S. The monoisotopic (exact) mass is 377 g/mol. The lowest BCUT2D eigenvalue weighted by atomic mass is 9.95. The number of nitrogens with one attached hydrogen (secondary N) is 1. The van der Waals surface area contributed by atoms with Crippen LogP contribution < -0.4 is 5.32 Å². The lowest BCUT2D eigenvalue weighted by Gasteiger charge is -2.12. The first-order valence-electron chi connectivity index (χ1n) is 7.85. The number of thiophene rings is 1. The molecular weight excluding hydrogens is 362 g/mol. The Kier molecular flexibility index (Phi) is 4.85. The molecule has 0 atom stereocenters. The van der Waals surface area contributed by atoms with Crippen LogP contribution in [0.5, 0.6) is 0 Å². The van der Waals surface area contributed by atoms with Crippen molar-refractivity contribution < 1.29 is 19.4 Å². The number of hydrogen-bond donors (Lipinski definition) is 1. The zero-order valence-electron chi connectivity index (χ0n) is 13.8. The van der Waals surface area contributed by atoms with Crippen LogP contribution in [0, 0.1) is 20.2 Å². The van der Waals surface area contributed by atoms with E-state index in [1.165, 1.54) is 30.6 Å². The van der Waals surface area contributed by atoms with Gasteiger partial charge in [-0.1, -0.05) is 0 Å². The van der Waals surface area contributed by atoms with Crippen molar-refractivity contribution >= 4 is 39.4 Å². The number of ether oxygens (including phenoxy) is 1. The van der Waals surface area contributed by atoms with Crippen LogP contribution in [0.2, 0.25) is 0 Å². The summed E-state index contributed by atoms with van der Waals surface area (Å²) >= 11 is 1.36. The van der Waals surface area contributed by atoms with E-state index in [1.54, 1.807) is 0 Å². The summed E-state index contributed by atoms with van der Waals surface area (Å²) in [7, 11) is 1.29. The Labute approximate surface area is 151 Å². The van der Waals surface area contributed by atoms with Gasteiger partial charge in [-0.25, -0.2) is 4.79 Å². The maximum Gasteiger partial charge on any atom is 0.341 e. The average Bonchev–Trinajstić information content (AvgIpc) is 2.98. The maximum atomic E-state index is 12.2. The smallest absolute Gasteiger partial charge is 0.341 e. The highest BCUT2D eigenvalue weighted by atomic mass is 32.1. The summed E-state index contributed by atoms with van der Waals surface area (Å²) in [6.45, 7) is 0. The first kappa shape index (κ1) is 17.8. The minimum absolute atomic E-state index is 0.0874. The van der Waals surface area contributed by atoms with Gasteiger partial charge in [-0.3, -0.25) is 20.2 Å². The Morgan fingerprint density at radius 3 is 2.58 bits per heavy atom. The van der Waals surface area contributed by atoms with Crippen LogP contribution in [0.1, 0.15) is 33.6 Å². The fraction of sp³-hybridized carbons (Fsp3) is 0.312. The van der Waals surface area contributed by atoms with E-state index in [0.717, 1.165) is 42.2 Å². The first-order chi connectivity index (χ1) is 12.4. The van der Waals surface area contributed by atoms with Gasteiger partial charge in [-0.2, -0.15) is 0 Å². The minimum atomic E-state index is -0.694. The van der Waals surface area contributed by atoms with Crippen molar-refractivity contribution in [2.24, 2.45) is 0 Å². The maximum absolute atomic E-state index is 12.2. The van der Waals surface area contributed by atoms with Gasteiger partial charge < -0.3 is 10.1 Å². The minimum Gasteiger partial charge on any atom is -0.465 e. The van der Waals surface area contributed by atoms with Crippen molar-refractivity contribution in [3.63, 3.8) is 0 Å². The molecule has 136 valence electrons. The molecule has 0 bridgehead atoms. The number of rotatable bonds is 5. The second-order valence-corrected chi connectivity index (χ2v) is 6.85. The second-order valence-electron chi connectivity index (χ2n) is 5.75. The van der Waals surface area contributed by atoms with Gasteiger partial charge in [0.05, 0.1) is 28.6 Å². The summed E-state index contributed by atoms with van der Waals surface area (Å²) in [5.74, 6) is -0.503. The number of nitrogens with zero attached hydrogens (tertiary/aromatic N) is 2. The second kappa shape index (κ2) is 7.08. The molecule has 0 aliphatic heterocycles. The van der Waals surface area contributed by atoms with E-state index >= 15 is 0 Å². The summed E-state index contributed by atoms with van der Waals surface area (Å²) in [4.78, 5) is 34.1. The third-order valence-corrected chi connectivity index (χ3v) is 5.41. The van der Waals surface area contributed by atoms with Crippen molar-refractivity contribution in [1.82, 2.24) is 0 Å². The number of carbonyl (C=O) groups is 1. The molecule has 26 heavy (non-hydrogen) atoms. The van der Waals surface area contributed by atoms with Crippen LogP contribution in [-0.4, -0.2) is 22.9 Å². The van der Waals surface area contributed by atoms with Gasteiger partial charge in [0.1, 0.15) is 10.7 Å². The molecule has 1 aromatic heterocycles. The van der Waals surface area contributed by atoms with Crippen molar-refractivity contribution in [1.29, 1.82) is 0 Å². The molecule has 1 N–H and O–H groups in total. The molecule has 9 nitrogen and oxygen atoms in total. The van der Waals surface area contributed by atoms with Gasteiger partial charge in [-0.05, 0) is 37.3 Å². The number of esters is 1. The quantitative estimate of drug-likeness (QED) is 0.475. The lowest BCUT2D eigenvalue weighted by molar-refractivity contribution is -0.393. The summed E-state index contributed by atoms with van der Waals surface area (Å²) < 4.78 is 4.87. The van der Waals surface area contributed by atoms with Crippen LogP contribution in [0.3, 0.4) is 0 Å². The van der Waals surface area contributed by atoms with E-state index < -0.39 is 21.5 Å². The van der Waals surface area contributed by atoms with Gasteiger partial charge in [-0.15, -0.1) is 11.3 Å². The molecule has 3 rings (SSSR count). The van der Waals surface area contributed by atoms with Crippen molar-refractivity contribution in [2.75, 3.05) is 12.4 Å². The molecule has 1 aliphatic rings. The molecule has 2 aromatic rings. The van der Waals surface area contributed by atoms with Gasteiger partial charge in [0.15, 0.2) is 0 Å². The number of nitro groups is 2. The van der Waals surface area contributed by atoms with Crippen LogP contribution in [0.25, 0.3) is 0 Å². The van der Waals surface area contributed by atoms with E-state index in [2.05, 4.69) is 5.32 Å². The molecule has 1 heterocycles. The molecule has 0 saturated heterocycles. The molecule has 0 saturated carbocycles. The Balaban J connectivity index is 2.06. The zero-order chi connectivity index (χ0) is 18.8. The molecule has 1 aliphatic carbocycles. The molecule has 0 unspecified atom stereocenters. The Bertz CT molecular complexity index is 908.